The van der Waals surface area contributed by atoms with Gasteiger partial charge in [0.25, 0.3) is 0 Å². The van der Waals surface area contributed by atoms with Gasteiger partial charge in [-0.25, -0.2) is 5.84 Å². The van der Waals surface area contributed by atoms with Gasteiger partial charge in [-0.2, -0.15) is 5.10 Å². The number of nitrogens with two attached hydrogens (primary N) is 1. The molecule has 1 amide bonds. The highest BCUT2D eigenvalue weighted by Crippen LogP contribution is 2.26. The lowest BCUT2D eigenvalue weighted by Gasteiger charge is -2.02. The number of carbonyl (C=O) groups is 1. The third kappa shape index (κ3) is 2.29. The molecule has 0 aliphatic heterocycles. The molecule has 0 aliphatic carbocycles. The lowest BCUT2D eigenvalue weighted by molar-refractivity contribution is 0.0926. The van der Waals surface area contributed by atoms with Crippen molar-refractivity contribution in [2.24, 2.45) is 5.84 Å². The maximum absolute atomic E-state index is 11.8. The Kier molecular flexibility index (Phi) is 3.45. The minimum absolute atomic E-state index is 0.221. The Balaban J connectivity index is 2.13. The van der Waals surface area contributed by atoms with Gasteiger partial charge in [-0.05, 0) is 28.7 Å². The number of rotatable bonds is 3. The molecule has 0 radical (unpaired) electrons. The molecule has 0 saturated carbocycles. The van der Waals surface area contributed by atoms with Crippen LogP contribution in [0, 0.1) is 3.57 Å². The normalized spacial score (nSPS) is 10.9. The van der Waals surface area contributed by atoms with Gasteiger partial charge in [0.2, 0.25) is 0 Å². The molecule has 3 aromatic rings. The summed E-state index contributed by atoms with van der Waals surface area (Å²) in [5.74, 6) is 4.98. The predicted molar refractivity (Wildman–Crippen MR) is 81.9 cm³/mol. The van der Waals surface area contributed by atoms with E-state index in [2.05, 4.69) is 33.1 Å². The van der Waals surface area contributed by atoms with E-state index < -0.39 is 5.91 Å². The number of hydrogen-bond donors (Lipinski definition) is 2. The van der Waals surface area contributed by atoms with Crippen LogP contribution in [-0.2, 0) is 6.54 Å². The van der Waals surface area contributed by atoms with Crippen LogP contribution in [0.4, 0.5) is 0 Å². The summed E-state index contributed by atoms with van der Waals surface area (Å²) in [6.07, 6.45) is 3.65. The Bertz CT molecular complexity index is 778. The van der Waals surface area contributed by atoms with Gasteiger partial charge in [-0.1, -0.05) is 18.2 Å². The molecule has 0 saturated heterocycles. The standard InChI is InChI=1S/C13H11IN4O2/c14-8-5-16-18(6-8)7-10-9-3-1-2-4-11(9)20-12(10)13(19)17-15/h1-6H,7,15H2,(H,17,19). The molecule has 7 heteroatoms. The summed E-state index contributed by atoms with van der Waals surface area (Å²) >= 11 is 2.18. The highest BCUT2D eigenvalue weighted by molar-refractivity contribution is 14.1. The van der Waals surface area contributed by atoms with E-state index >= 15 is 0 Å². The van der Waals surface area contributed by atoms with Gasteiger partial charge in [-0.3, -0.25) is 14.9 Å². The number of nitrogens with one attached hydrogen (secondary N) is 1. The van der Waals surface area contributed by atoms with Crippen LogP contribution >= 0.6 is 22.6 Å². The molecule has 1 aromatic carbocycles. The molecule has 0 spiro atoms. The summed E-state index contributed by atoms with van der Waals surface area (Å²) in [5, 5.41) is 5.11. The maximum atomic E-state index is 11.8. The Morgan fingerprint density at radius 3 is 2.95 bits per heavy atom. The van der Waals surface area contributed by atoms with Gasteiger partial charge in [0, 0.05) is 17.1 Å². The van der Waals surface area contributed by atoms with E-state index in [1.807, 2.05) is 30.5 Å². The summed E-state index contributed by atoms with van der Waals surface area (Å²) in [7, 11) is 0. The summed E-state index contributed by atoms with van der Waals surface area (Å²) in [6, 6.07) is 7.49. The number of amides is 1. The van der Waals surface area contributed by atoms with Crippen LogP contribution in [0.25, 0.3) is 11.0 Å². The van der Waals surface area contributed by atoms with Crippen molar-refractivity contribution in [1.29, 1.82) is 0 Å². The van der Waals surface area contributed by atoms with E-state index in [1.165, 1.54) is 0 Å². The smallest absolute Gasteiger partial charge is 0.301 e. The highest BCUT2D eigenvalue weighted by Gasteiger charge is 2.20. The fourth-order valence-electron chi connectivity index (χ4n) is 2.09. The number of para-hydroxylation sites is 1. The highest BCUT2D eigenvalue weighted by atomic mass is 127. The summed E-state index contributed by atoms with van der Waals surface area (Å²) in [6.45, 7) is 0.447. The minimum Gasteiger partial charge on any atom is -0.450 e. The SMILES string of the molecule is NNC(=O)c1oc2ccccc2c1Cn1cc(I)cn1. The molecule has 3 rings (SSSR count). The van der Waals surface area contributed by atoms with Crippen molar-refractivity contribution in [3.63, 3.8) is 0 Å². The van der Waals surface area contributed by atoms with E-state index in [0.717, 1.165) is 14.5 Å². The number of hydrogen-bond acceptors (Lipinski definition) is 4. The number of nitrogens with zero attached hydrogens (tertiary/aromatic N) is 2. The van der Waals surface area contributed by atoms with Crippen molar-refractivity contribution in [1.82, 2.24) is 15.2 Å². The Morgan fingerprint density at radius 1 is 1.45 bits per heavy atom. The number of nitrogen functional groups attached to an aromatic ring is 1. The maximum Gasteiger partial charge on any atom is 0.301 e. The van der Waals surface area contributed by atoms with Crippen LogP contribution in [0.15, 0.2) is 41.1 Å². The molecular formula is C13H11IN4O2. The van der Waals surface area contributed by atoms with Gasteiger partial charge in [0.1, 0.15) is 5.58 Å². The van der Waals surface area contributed by atoms with Gasteiger partial charge in [0.05, 0.1) is 16.3 Å². The summed E-state index contributed by atoms with van der Waals surface area (Å²) in [5.41, 5.74) is 3.53. The molecule has 20 heavy (non-hydrogen) atoms. The fourth-order valence-corrected chi connectivity index (χ4v) is 2.54. The quantitative estimate of drug-likeness (QED) is 0.314. The zero-order valence-corrected chi connectivity index (χ0v) is 12.5. The van der Waals surface area contributed by atoms with E-state index in [4.69, 9.17) is 10.3 Å². The van der Waals surface area contributed by atoms with Crippen LogP contribution < -0.4 is 11.3 Å². The third-order valence-corrected chi connectivity index (χ3v) is 3.51. The van der Waals surface area contributed by atoms with Crippen LogP contribution in [-0.4, -0.2) is 15.7 Å². The van der Waals surface area contributed by atoms with Crippen molar-refractivity contribution in [2.45, 2.75) is 6.54 Å². The summed E-state index contributed by atoms with van der Waals surface area (Å²) in [4.78, 5) is 11.8. The first kappa shape index (κ1) is 13.1. The van der Waals surface area contributed by atoms with Gasteiger partial charge in [-0.15, -0.1) is 0 Å². The van der Waals surface area contributed by atoms with Crippen molar-refractivity contribution >= 4 is 39.5 Å². The number of halogens is 1. The lowest BCUT2D eigenvalue weighted by Crippen LogP contribution is -2.30. The first-order chi connectivity index (χ1) is 9.69. The van der Waals surface area contributed by atoms with Crippen LogP contribution in [0.5, 0.6) is 0 Å². The number of carbonyl (C=O) groups excluding carboxylic acids is 1. The van der Waals surface area contributed by atoms with Gasteiger partial charge in [0.15, 0.2) is 5.76 Å². The Labute approximate surface area is 128 Å². The first-order valence-electron chi connectivity index (χ1n) is 5.88. The minimum atomic E-state index is -0.446. The van der Waals surface area contributed by atoms with E-state index in [1.54, 1.807) is 10.9 Å². The molecule has 0 fully saturated rings. The third-order valence-electron chi connectivity index (χ3n) is 2.96. The second kappa shape index (κ2) is 5.25. The largest absolute Gasteiger partial charge is 0.450 e. The molecule has 0 bridgehead atoms. The number of fused-ring (bicyclic) bond motifs is 1. The molecular weight excluding hydrogens is 371 g/mol. The molecule has 3 N–H and O–H groups in total. The van der Waals surface area contributed by atoms with E-state index in [0.29, 0.717) is 12.1 Å². The fraction of sp³-hybridized carbons (Fsp3) is 0.0769. The monoisotopic (exact) mass is 382 g/mol. The van der Waals surface area contributed by atoms with Crippen molar-refractivity contribution in [3.05, 3.63) is 51.6 Å². The molecule has 0 aliphatic rings. The second-order valence-corrected chi connectivity index (χ2v) is 5.48. The number of hydrazine groups is 1. The van der Waals surface area contributed by atoms with Gasteiger partial charge >= 0.3 is 5.91 Å². The molecule has 0 atom stereocenters. The van der Waals surface area contributed by atoms with Gasteiger partial charge < -0.3 is 4.42 Å². The topological polar surface area (TPSA) is 86.1 Å². The van der Waals surface area contributed by atoms with Crippen LogP contribution in [0.1, 0.15) is 16.1 Å². The van der Waals surface area contributed by atoms with Crippen molar-refractivity contribution in [2.75, 3.05) is 0 Å². The van der Waals surface area contributed by atoms with E-state index in [-0.39, 0.29) is 5.76 Å². The lowest BCUT2D eigenvalue weighted by atomic mass is 10.1. The van der Waals surface area contributed by atoms with Crippen LogP contribution in [0.3, 0.4) is 0 Å². The average Bonchev–Trinajstić information content (AvgIpc) is 3.03. The first-order valence-corrected chi connectivity index (χ1v) is 6.96. The second-order valence-electron chi connectivity index (χ2n) is 4.24. The molecule has 6 nitrogen and oxygen atoms in total. The number of aromatic nitrogens is 2. The zero-order valence-electron chi connectivity index (χ0n) is 10.3. The Hall–Kier alpha value is -1.87. The zero-order chi connectivity index (χ0) is 14.1. The molecule has 0 unspecified atom stereocenters. The number of furan rings is 1. The van der Waals surface area contributed by atoms with Crippen molar-refractivity contribution in [3.8, 4) is 0 Å². The Morgan fingerprint density at radius 2 is 2.25 bits per heavy atom. The summed E-state index contributed by atoms with van der Waals surface area (Å²) < 4.78 is 8.38. The molecule has 102 valence electrons. The van der Waals surface area contributed by atoms with Crippen LogP contribution in [0.2, 0.25) is 0 Å². The number of benzene rings is 1. The molecule has 2 aromatic heterocycles. The molecule has 2 heterocycles. The predicted octanol–water partition coefficient (Wildman–Crippen LogP) is 1.89. The van der Waals surface area contributed by atoms with E-state index in [9.17, 15) is 4.79 Å². The van der Waals surface area contributed by atoms with Crippen molar-refractivity contribution < 1.29 is 9.21 Å². The average molecular weight is 382 g/mol.